The topological polar surface area (TPSA) is 38.3 Å². The molecular formula is C17H27NO2. The lowest BCUT2D eigenvalue weighted by Crippen LogP contribution is -2.28. The number of benzene rings is 1. The summed E-state index contributed by atoms with van der Waals surface area (Å²) in [5.41, 5.74) is 2.69. The molecule has 1 N–H and O–H groups in total. The van der Waals surface area contributed by atoms with E-state index < -0.39 is 11.7 Å². The van der Waals surface area contributed by atoms with Gasteiger partial charge in [-0.05, 0) is 43.7 Å². The summed E-state index contributed by atoms with van der Waals surface area (Å²) in [6.45, 7) is 14.1. The number of anilines is 1. The monoisotopic (exact) mass is 277 g/mol. The van der Waals surface area contributed by atoms with Crippen LogP contribution in [0.15, 0.2) is 18.2 Å². The summed E-state index contributed by atoms with van der Waals surface area (Å²) in [5, 5.41) is 2.94. The Bertz CT molecular complexity index is 444. The highest BCUT2D eigenvalue weighted by molar-refractivity contribution is 5.87. The molecule has 0 saturated heterocycles. The maximum absolute atomic E-state index is 12.0. The molecular weight excluding hydrogens is 250 g/mol. The summed E-state index contributed by atoms with van der Waals surface area (Å²) in [5.74, 6) is 0.692. The van der Waals surface area contributed by atoms with Gasteiger partial charge in [0.1, 0.15) is 5.60 Å². The van der Waals surface area contributed by atoms with E-state index in [1.54, 1.807) is 0 Å². The highest BCUT2D eigenvalue weighted by Crippen LogP contribution is 2.32. The van der Waals surface area contributed by atoms with Gasteiger partial charge < -0.3 is 4.74 Å². The van der Waals surface area contributed by atoms with E-state index in [9.17, 15) is 4.79 Å². The number of ether oxygens (including phenoxy) is 1. The van der Waals surface area contributed by atoms with Gasteiger partial charge in [-0.15, -0.1) is 0 Å². The van der Waals surface area contributed by atoms with Crippen molar-refractivity contribution < 1.29 is 9.53 Å². The van der Waals surface area contributed by atoms with Crippen LogP contribution in [-0.2, 0) is 4.74 Å². The minimum Gasteiger partial charge on any atom is -0.444 e. The molecule has 1 aromatic carbocycles. The molecule has 1 amide bonds. The standard InChI is InChI=1S/C17H27NO2/c1-11(2)13-9-8-10-14(12(3)4)15(13)18-16(19)20-17(5,6)7/h8-12H,1-7H3,(H,18,19). The maximum Gasteiger partial charge on any atom is 0.412 e. The van der Waals surface area contributed by atoms with E-state index in [0.29, 0.717) is 11.8 Å². The van der Waals surface area contributed by atoms with Gasteiger partial charge in [0.05, 0.1) is 5.69 Å². The summed E-state index contributed by atoms with van der Waals surface area (Å²) < 4.78 is 5.36. The predicted octanol–water partition coefficient (Wildman–Crippen LogP) is 5.28. The fourth-order valence-electron chi connectivity index (χ4n) is 2.10. The molecule has 112 valence electrons. The zero-order valence-corrected chi connectivity index (χ0v) is 13.7. The number of rotatable bonds is 3. The SMILES string of the molecule is CC(C)c1cccc(C(C)C)c1NC(=O)OC(C)(C)C. The van der Waals surface area contributed by atoms with E-state index in [-0.39, 0.29) is 0 Å². The van der Waals surface area contributed by atoms with Gasteiger partial charge in [0, 0.05) is 0 Å². The Morgan fingerprint density at radius 3 is 1.85 bits per heavy atom. The Balaban J connectivity index is 3.11. The molecule has 0 aliphatic carbocycles. The van der Waals surface area contributed by atoms with Crippen LogP contribution in [0.2, 0.25) is 0 Å². The highest BCUT2D eigenvalue weighted by Gasteiger charge is 2.20. The molecule has 0 aliphatic heterocycles. The zero-order chi connectivity index (χ0) is 15.5. The van der Waals surface area contributed by atoms with Crippen LogP contribution >= 0.6 is 0 Å². The molecule has 1 rings (SSSR count). The Hall–Kier alpha value is -1.51. The van der Waals surface area contributed by atoms with Crippen LogP contribution in [0.25, 0.3) is 0 Å². The first-order valence-electron chi connectivity index (χ1n) is 7.24. The van der Waals surface area contributed by atoms with Crippen molar-refractivity contribution in [3.63, 3.8) is 0 Å². The van der Waals surface area contributed by atoms with Crippen molar-refractivity contribution in [3.05, 3.63) is 29.3 Å². The van der Waals surface area contributed by atoms with Gasteiger partial charge in [-0.1, -0.05) is 45.9 Å². The lowest BCUT2D eigenvalue weighted by molar-refractivity contribution is 0.0635. The molecule has 0 heterocycles. The van der Waals surface area contributed by atoms with Gasteiger partial charge in [-0.2, -0.15) is 0 Å². The molecule has 0 spiro atoms. The zero-order valence-electron chi connectivity index (χ0n) is 13.7. The molecule has 0 bridgehead atoms. The first-order chi connectivity index (χ1) is 9.11. The van der Waals surface area contributed by atoms with Crippen LogP contribution in [0.1, 0.15) is 71.4 Å². The van der Waals surface area contributed by atoms with E-state index >= 15 is 0 Å². The fraction of sp³-hybridized carbons (Fsp3) is 0.588. The molecule has 0 unspecified atom stereocenters. The number of carbonyl (C=O) groups excluding carboxylic acids is 1. The van der Waals surface area contributed by atoms with E-state index in [2.05, 4.69) is 45.1 Å². The highest BCUT2D eigenvalue weighted by atomic mass is 16.6. The van der Waals surface area contributed by atoms with E-state index in [0.717, 1.165) is 16.8 Å². The van der Waals surface area contributed by atoms with Crippen molar-refractivity contribution in [1.82, 2.24) is 0 Å². The largest absolute Gasteiger partial charge is 0.444 e. The smallest absolute Gasteiger partial charge is 0.412 e. The number of para-hydroxylation sites is 1. The van der Waals surface area contributed by atoms with Crippen LogP contribution in [0.5, 0.6) is 0 Å². The Morgan fingerprint density at radius 1 is 1.05 bits per heavy atom. The van der Waals surface area contributed by atoms with Crippen LogP contribution in [0.4, 0.5) is 10.5 Å². The lowest BCUT2D eigenvalue weighted by atomic mass is 9.93. The van der Waals surface area contributed by atoms with E-state index in [1.807, 2.05) is 26.8 Å². The average molecular weight is 277 g/mol. The molecule has 0 radical (unpaired) electrons. The first kappa shape index (κ1) is 16.5. The quantitative estimate of drug-likeness (QED) is 0.816. The van der Waals surface area contributed by atoms with Crippen LogP contribution < -0.4 is 5.32 Å². The summed E-state index contributed by atoms with van der Waals surface area (Å²) in [4.78, 5) is 12.0. The molecule has 20 heavy (non-hydrogen) atoms. The Labute approximate surface area is 122 Å². The van der Waals surface area contributed by atoms with Gasteiger partial charge in [0.2, 0.25) is 0 Å². The third-order valence-electron chi connectivity index (χ3n) is 3.00. The molecule has 0 saturated carbocycles. The molecule has 3 heteroatoms. The number of amides is 1. The summed E-state index contributed by atoms with van der Waals surface area (Å²) in [6, 6.07) is 6.16. The lowest BCUT2D eigenvalue weighted by Gasteiger charge is -2.23. The Kier molecular flexibility index (Phi) is 5.21. The van der Waals surface area contributed by atoms with Gasteiger partial charge in [-0.3, -0.25) is 5.32 Å². The van der Waals surface area contributed by atoms with E-state index in [4.69, 9.17) is 4.74 Å². The van der Waals surface area contributed by atoms with Crippen molar-refractivity contribution >= 4 is 11.8 Å². The van der Waals surface area contributed by atoms with Crippen LogP contribution in [0, 0.1) is 0 Å². The summed E-state index contributed by atoms with van der Waals surface area (Å²) in [7, 11) is 0. The number of hydrogen-bond donors (Lipinski definition) is 1. The minimum absolute atomic E-state index is 0.346. The Morgan fingerprint density at radius 2 is 1.50 bits per heavy atom. The third-order valence-corrected chi connectivity index (χ3v) is 3.00. The predicted molar refractivity (Wildman–Crippen MR) is 84.5 cm³/mol. The van der Waals surface area contributed by atoms with Crippen molar-refractivity contribution in [2.75, 3.05) is 5.32 Å². The van der Waals surface area contributed by atoms with E-state index in [1.165, 1.54) is 0 Å². The van der Waals surface area contributed by atoms with Crippen molar-refractivity contribution in [2.24, 2.45) is 0 Å². The molecule has 1 aromatic rings. The van der Waals surface area contributed by atoms with Crippen LogP contribution in [0.3, 0.4) is 0 Å². The fourth-order valence-corrected chi connectivity index (χ4v) is 2.10. The van der Waals surface area contributed by atoms with Crippen LogP contribution in [-0.4, -0.2) is 11.7 Å². The third kappa shape index (κ3) is 4.55. The number of hydrogen-bond acceptors (Lipinski definition) is 2. The van der Waals surface area contributed by atoms with Gasteiger partial charge in [0.25, 0.3) is 0 Å². The summed E-state index contributed by atoms with van der Waals surface area (Å²) >= 11 is 0. The normalized spacial score (nSPS) is 11.8. The van der Waals surface area contributed by atoms with Gasteiger partial charge in [-0.25, -0.2) is 4.79 Å². The second-order valence-electron chi connectivity index (χ2n) is 6.75. The maximum atomic E-state index is 12.0. The molecule has 0 atom stereocenters. The minimum atomic E-state index is -0.491. The average Bonchev–Trinajstić information content (AvgIpc) is 2.25. The van der Waals surface area contributed by atoms with Gasteiger partial charge >= 0.3 is 6.09 Å². The second kappa shape index (κ2) is 6.29. The number of carbonyl (C=O) groups is 1. The second-order valence-corrected chi connectivity index (χ2v) is 6.75. The van der Waals surface area contributed by atoms with Crippen molar-refractivity contribution in [3.8, 4) is 0 Å². The summed E-state index contributed by atoms with van der Waals surface area (Å²) in [6.07, 6.45) is -0.396. The molecule has 3 nitrogen and oxygen atoms in total. The van der Waals surface area contributed by atoms with Gasteiger partial charge in [0.15, 0.2) is 0 Å². The van der Waals surface area contributed by atoms with Crippen molar-refractivity contribution in [1.29, 1.82) is 0 Å². The molecule has 0 fully saturated rings. The first-order valence-corrected chi connectivity index (χ1v) is 7.24. The number of nitrogens with one attached hydrogen (secondary N) is 1. The molecule has 0 aliphatic rings. The molecule has 0 aromatic heterocycles. The van der Waals surface area contributed by atoms with Crippen molar-refractivity contribution in [2.45, 2.75) is 65.9 Å².